The lowest BCUT2D eigenvalue weighted by molar-refractivity contribution is -0.134. The van der Waals surface area contributed by atoms with Crippen LogP contribution in [0, 0.1) is 0 Å². The summed E-state index contributed by atoms with van der Waals surface area (Å²) >= 11 is 0. The van der Waals surface area contributed by atoms with Crippen LogP contribution in [0.4, 0.5) is 0 Å². The molecule has 1 fully saturated rings. The second kappa shape index (κ2) is 8.49. The van der Waals surface area contributed by atoms with Gasteiger partial charge in [-0.3, -0.25) is 9.69 Å². The fraction of sp³-hybridized carbons (Fsp3) is 0.444. The van der Waals surface area contributed by atoms with E-state index in [2.05, 4.69) is 4.74 Å². The summed E-state index contributed by atoms with van der Waals surface area (Å²) in [6.45, 7) is 2.02. The van der Waals surface area contributed by atoms with E-state index in [-0.39, 0.29) is 17.9 Å². The molecule has 6 nitrogen and oxygen atoms in total. The van der Waals surface area contributed by atoms with Crippen LogP contribution in [0.3, 0.4) is 0 Å². The molecule has 1 unspecified atom stereocenters. The lowest BCUT2D eigenvalue weighted by Gasteiger charge is -2.22. The normalized spacial score (nSPS) is 17.8. The van der Waals surface area contributed by atoms with E-state index < -0.39 is 0 Å². The molecule has 0 saturated carbocycles. The molecule has 1 aliphatic rings. The van der Waals surface area contributed by atoms with Crippen molar-refractivity contribution in [2.24, 2.45) is 0 Å². The van der Waals surface area contributed by atoms with E-state index in [4.69, 9.17) is 4.74 Å². The van der Waals surface area contributed by atoms with E-state index in [1.165, 1.54) is 13.2 Å². The van der Waals surface area contributed by atoms with Gasteiger partial charge in [0.1, 0.15) is 12.4 Å². The summed E-state index contributed by atoms with van der Waals surface area (Å²) in [4.78, 5) is 26.8. The third-order valence-corrected chi connectivity index (χ3v) is 4.14. The van der Waals surface area contributed by atoms with Crippen LogP contribution in [-0.4, -0.2) is 68.6 Å². The minimum Gasteiger partial charge on any atom is -0.492 e. The smallest absolute Gasteiger partial charge is 0.330 e. The van der Waals surface area contributed by atoms with Crippen LogP contribution in [0.2, 0.25) is 0 Å². The Kier molecular flexibility index (Phi) is 6.37. The van der Waals surface area contributed by atoms with Crippen molar-refractivity contribution in [2.45, 2.75) is 12.5 Å². The van der Waals surface area contributed by atoms with Crippen molar-refractivity contribution in [2.75, 3.05) is 40.9 Å². The molecule has 1 saturated heterocycles. The van der Waals surface area contributed by atoms with Crippen molar-refractivity contribution in [1.29, 1.82) is 0 Å². The number of methoxy groups -OCH3 is 1. The highest BCUT2D eigenvalue weighted by Gasteiger charge is 2.31. The molecule has 0 spiro atoms. The largest absolute Gasteiger partial charge is 0.492 e. The van der Waals surface area contributed by atoms with Crippen molar-refractivity contribution in [1.82, 2.24) is 9.80 Å². The van der Waals surface area contributed by atoms with Gasteiger partial charge in [0.2, 0.25) is 5.91 Å². The van der Waals surface area contributed by atoms with E-state index in [0.717, 1.165) is 24.3 Å². The van der Waals surface area contributed by atoms with Crippen LogP contribution in [0.5, 0.6) is 5.75 Å². The topological polar surface area (TPSA) is 59.1 Å². The van der Waals surface area contributed by atoms with Gasteiger partial charge in [-0.15, -0.1) is 0 Å². The molecule has 6 heteroatoms. The highest BCUT2D eigenvalue weighted by molar-refractivity contribution is 5.86. The number of likely N-dealkylation sites (tertiary alicyclic amines) is 1. The van der Waals surface area contributed by atoms with Gasteiger partial charge in [0.15, 0.2) is 0 Å². The quantitative estimate of drug-likeness (QED) is 0.558. The van der Waals surface area contributed by atoms with Crippen molar-refractivity contribution >= 4 is 18.0 Å². The summed E-state index contributed by atoms with van der Waals surface area (Å²) in [6, 6.07) is 7.41. The average Bonchev–Trinajstić information content (AvgIpc) is 2.93. The summed E-state index contributed by atoms with van der Waals surface area (Å²) in [7, 11) is 5.13. The number of rotatable bonds is 7. The number of hydrogen-bond acceptors (Lipinski definition) is 5. The predicted molar refractivity (Wildman–Crippen MR) is 91.7 cm³/mol. The molecule has 130 valence electrons. The van der Waals surface area contributed by atoms with Crippen LogP contribution in [0.1, 0.15) is 12.0 Å². The minimum atomic E-state index is -0.384. The summed E-state index contributed by atoms with van der Waals surface area (Å²) in [5, 5.41) is 0. The zero-order valence-electron chi connectivity index (χ0n) is 14.4. The van der Waals surface area contributed by atoms with Gasteiger partial charge in [-0.2, -0.15) is 0 Å². The molecule has 1 aromatic carbocycles. The summed E-state index contributed by atoms with van der Waals surface area (Å²) in [5.41, 5.74) is 0.893. The Labute approximate surface area is 142 Å². The van der Waals surface area contributed by atoms with Gasteiger partial charge in [-0.05, 0) is 37.2 Å². The SMILES string of the molecule is COC(=O)C=Cc1ccc(OCCN(C)C2CCN(C)C2=O)cc1. The van der Waals surface area contributed by atoms with Gasteiger partial charge in [0.25, 0.3) is 0 Å². The molecule has 0 bridgehead atoms. The van der Waals surface area contributed by atoms with Gasteiger partial charge < -0.3 is 14.4 Å². The van der Waals surface area contributed by atoms with Crippen LogP contribution in [-0.2, 0) is 14.3 Å². The van der Waals surface area contributed by atoms with Gasteiger partial charge in [-0.25, -0.2) is 4.79 Å². The third kappa shape index (κ3) is 4.83. The Bertz CT molecular complexity index is 598. The second-order valence-corrected chi connectivity index (χ2v) is 5.82. The van der Waals surface area contributed by atoms with Gasteiger partial charge in [-0.1, -0.05) is 12.1 Å². The predicted octanol–water partition coefficient (Wildman–Crippen LogP) is 1.41. The molecular formula is C18H24N2O4. The fourth-order valence-corrected chi connectivity index (χ4v) is 2.58. The molecule has 24 heavy (non-hydrogen) atoms. The lowest BCUT2D eigenvalue weighted by atomic mass is 10.2. The summed E-state index contributed by atoms with van der Waals surface area (Å²) < 4.78 is 10.3. The van der Waals surface area contributed by atoms with Gasteiger partial charge >= 0.3 is 5.97 Å². The molecule has 1 atom stereocenters. The van der Waals surface area contributed by atoms with Gasteiger partial charge in [0, 0.05) is 26.2 Å². The Balaban J connectivity index is 1.77. The number of nitrogens with zero attached hydrogens (tertiary/aromatic N) is 2. The van der Waals surface area contributed by atoms with E-state index in [9.17, 15) is 9.59 Å². The van der Waals surface area contributed by atoms with E-state index in [1.807, 2.05) is 43.3 Å². The second-order valence-electron chi connectivity index (χ2n) is 5.82. The van der Waals surface area contributed by atoms with Crippen LogP contribution in [0.15, 0.2) is 30.3 Å². The van der Waals surface area contributed by atoms with Crippen LogP contribution >= 0.6 is 0 Å². The zero-order chi connectivity index (χ0) is 17.5. The summed E-state index contributed by atoms with van der Waals surface area (Å²) in [6.07, 6.45) is 3.93. The maximum atomic E-state index is 12.0. The fourth-order valence-electron chi connectivity index (χ4n) is 2.58. The van der Waals surface area contributed by atoms with E-state index in [0.29, 0.717) is 13.2 Å². The molecule has 0 aromatic heterocycles. The van der Waals surface area contributed by atoms with Crippen molar-refractivity contribution < 1.29 is 19.1 Å². The molecule has 1 aliphatic heterocycles. The Morgan fingerprint density at radius 1 is 1.38 bits per heavy atom. The number of ether oxygens (including phenoxy) is 2. The van der Waals surface area contributed by atoms with Crippen LogP contribution in [0.25, 0.3) is 6.08 Å². The summed E-state index contributed by atoms with van der Waals surface area (Å²) in [5.74, 6) is 0.554. The Morgan fingerprint density at radius 3 is 2.67 bits per heavy atom. The number of benzene rings is 1. The highest BCUT2D eigenvalue weighted by atomic mass is 16.5. The first-order chi connectivity index (χ1) is 11.5. The molecule has 2 rings (SSSR count). The number of carbonyl (C=O) groups excluding carboxylic acids is 2. The number of esters is 1. The molecule has 1 amide bonds. The first kappa shape index (κ1) is 18.0. The number of carbonyl (C=O) groups is 2. The number of likely N-dealkylation sites (N-methyl/N-ethyl adjacent to an activating group) is 2. The van der Waals surface area contributed by atoms with Crippen molar-refractivity contribution in [3.63, 3.8) is 0 Å². The lowest BCUT2D eigenvalue weighted by Crippen LogP contribution is -2.40. The Morgan fingerprint density at radius 2 is 2.08 bits per heavy atom. The molecule has 1 heterocycles. The minimum absolute atomic E-state index is 0.0376. The molecular weight excluding hydrogens is 308 g/mol. The van der Waals surface area contributed by atoms with Crippen LogP contribution < -0.4 is 4.74 Å². The Hall–Kier alpha value is -2.34. The van der Waals surface area contributed by atoms with Gasteiger partial charge in [0.05, 0.1) is 13.2 Å². The number of amides is 1. The molecule has 0 aliphatic carbocycles. The maximum Gasteiger partial charge on any atom is 0.330 e. The molecule has 0 N–H and O–H groups in total. The first-order valence-electron chi connectivity index (χ1n) is 7.95. The maximum absolute atomic E-state index is 12.0. The monoisotopic (exact) mass is 332 g/mol. The molecule has 0 radical (unpaired) electrons. The van der Waals surface area contributed by atoms with Crippen molar-refractivity contribution in [3.8, 4) is 5.75 Å². The zero-order valence-corrected chi connectivity index (χ0v) is 14.4. The highest BCUT2D eigenvalue weighted by Crippen LogP contribution is 2.16. The molecule has 1 aromatic rings. The standard InChI is InChI=1S/C18H24N2O4/c1-19(16-10-11-20(2)18(16)22)12-13-24-15-7-4-14(5-8-15)6-9-17(21)23-3/h4-9,16H,10-13H2,1-3H3. The average molecular weight is 332 g/mol. The van der Waals surface area contributed by atoms with Crippen molar-refractivity contribution in [3.05, 3.63) is 35.9 Å². The van der Waals surface area contributed by atoms with E-state index >= 15 is 0 Å². The third-order valence-electron chi connectivity index (χ3n) is 4.14. The van der Waals surface area contributed by atoms with E-state index in [1.54, 1.807) is 11.0 Å². The number of hydrogen-bond donors (Lipinski definition) is 0. The first-order valence-corrected chi connectivity index (χ1v) is 7.95.